The van der Waals surface area contributed by atoms with Gasteiger partial charge < -0.3 is 14.9 Å². The Balaban J connectivity index is 1.54. The Labute approximate surface area is 128 Å². The van der Waals surface area contributed by atoms with E-state index in [1.54, 1.807) is 0 Å². The van der Waals surface area contributed by atoms with Crippen LogP contribution < -0.4 is 5.43 Å². The first-order valence-corrected chi connectivity index (χ1v) is 7.63. The van der Waals surface area contributed by atoms with Gasteiger partial charge in [-0.3, -0.25) is 4.98 Å². The van der Waals surface area contributed by atoms with Crippen molar-refractivity contribution in [3.8, 4) is 0 Å². The van der Waals surface area contributed by atoms with Gasteiger partial charge in [-0.25, -0.2) is 9.40 Å². The van der Waals surface area contributed by atoms with Crippen molar-refractivity contribution in [2.45, 2.75) is 45.1 Å². The zero-order valence-electron chi connectivity index (χ0n) is 11.9. The Hall–Kier alpha value is -0.950. The van der Waals surface area contributed by atoms with Gasteiger partial charge >= 0.3 is 0 Å². The molecule has 1 unspecified atom stereocenters. The molecule has 0 amide bonds. The van der Waals surface area contributed by atoms with E-state index in [0.717, 1.165) is 37.8 Å². The van der Waals surface area contributed by atoms with Crippen LogP contribution in [0.3, 0.4) is 0 Å². The summed E-state index contributed by atoms with van der Waals surface area (Å²) >= 11 is 5.94. The van der Waals surface area contributed by atoms with E-state index >= 15 is 0 Å². The van der Waals surface area contributed by atoms with E-state index in [1.165, 1.54) is 0 Å². The number of rotatable bonds is 4. The molecule has 0 aromatic carbocycles. The summed E-state index contributed by atoms with van der Waals surface area (Å²) in [6.07, 6.45) is 4.23. The van der Waals surface area contributed by atoms with Gasteiger partial charge in [-0.15, -0.1) is 0 Å². The van der Waals surface area contributed by atoms with Crippen LogP contribution >= 0.6 is 11.6 Å². The summed E-state index contributed by atoms with van der Waals surface area (Å²) in [4.78, 5) is 4.06. The van der Waals surface area contributed by atoms with Gasteiger partial charge in [0.15, 0.2) is 12.1 Å². The number of hydrazine groups is 1. The monoisotopic (exact) mass is 315 g/mol. The quantitative estimate of drug-likeness (QED) is 0.925. The Kier molecular flexibility index (Phi) is 4.59. The average molecular weight is 316 g/mol. The summed E-state index contributed by atoms with van der Waals surface area (Å²) in [5.41, 5.74) is 4.40. The largest absolute Gasteiger partial charge is 0.353 e. The fourth-order valence-electron chi connectivity index (χ4n) is 2.66. The van der Waals surface area contributed by atoms with Crippen LogP contribution in [0.2, 0.25) is 5.02 Å². The summed E-state index contributed by atoms with van der Waals surface area (Å²) in [6.45, 7) is 3.99. The maximum Gasteiger partial charge on any atom is 0.162 e. The number of hydrogen-bond acceptors (Lipinski definition) is 5. The molecule has 0 saturated carbocycles. The number of pyridine rings is 1. The Morgan fingerprint density at radius 3 is 3.24 bits per heavy atom. The van der Waals surface area contributed by atoms with Gasteiger partial charge in [0, 0.05) is 13.2 Å². The lowest BCUT2D eigenvalue weighted by atomic mass is 10.2. The van der Waals surface area contributed by atoms with Gasteiger partial charge in [-0.2, -0.15) is 0 Å². The summed E-state index contributed by atoms with van der Waals surface area (Å²) in [6, 6.07) is 0. The molecule has 3 rings (SSSR count). The minimum Gasteiger partial charge on any atom is -0.353 e. The minimum absolute atomic E-state index is 0.00136. The van der Waals surface area contributed by atoms with Crippen molar-refractivity contribution in [2.24, 2.45) is 0 Å². The highest BCUT2D eigenvalue weighted by Gasteiger charge is 2.26. The molecule has 1 fully saturated rings. The lowest BCUT2D eigenvalue weighted by molar-refractivity contribution is -0.186. The van der Waals surface area contributed by atoms with Gasteiger partial charge in [-0.1, -0.05) is 11.6 Å². The Morgan fingerprint density at radius 2 is 2.48 bits per heavy atom. The number of nitrogens with zero attached hydrogens (tertiary/aromatic N) is 2. The smallest absolute Gasteiger partial charge is 0.162 e. The van der Waals surface area contributed by atoms with Crippen molar-refractivity contribution < 1.29 is 13.9 Å². The maximum atomic E-state index is 13.4. The van der Waals surface area contributed by atoms with E-state index in [-0.39, 0.29) is 17.4 Å². The molecule has 116 valence electrons. The van der Waals surface area contributed by atoms with E-state index in [2.05, 4.69) is 10.4 Å². The van der Waals surface area contributed by atoms with Gasteiger partial charge in [0.2, 0.25) is 0 Å². The predicted octanol–water partition coefficient (Wildman–Crippen LogP) is 2.95. The molecule has 2 aliphatic heterocycles. The van der Waals surface area contributed by atoms with Gasteiger partial charge in [0.25, 0.3) is 0 Å². The number of anilines is 1. The van der Waals surface area contributed by atoms with E-state index < -0.39 is 5.82 Å². The fraction of sp³-hybridized carbons (Fsp3) is 0.643. The van der Waals surface area contributed by atoms with E-state index in [0.29, 0.717) is 18.8 Å². The molecule has 21 heavy (non-hydrogen) atoms. The second kappa shape index (κ2) is 6.44. The third kappa shape index (κ3) is 3.45. The number of nitrogens with one attached hydrogen (secondary N) is 1. The molecule has 2 aliphatic rings. The van der Waals surface area contributed by atoms with Crippen LogP contribution in [-0.4, -0.2) is 35.5 Å². The highest BCUT2D eigenvalue weighted by Crippen LogP contribution is 2.32. The number of ether oxygens (including phenoxy) is 2. The molecular formula is C14H19ClFN3O2. The fourth-order valence-corrected chi connectivity index (χ4v) is 2.86. The molecule has 0 bridgehead atoms. The number of fused-ring (bicyclic) bond motifs is 1. The van der Waals surface area contributed by atoms with E-state index in [1.807, 2.05) is 11.9 Å². The zero-order chi connectivity index (χ0) is 14.8. The van der Waals surface area contributed by atoms with Crippen LogP contribution in [-0.2, 0) is 16.0 Å². The molecule has 2 atom stereocenters. The molecule has 3 heterocycles. The zero-order valence-corrected chi connectivity index (χ0v) is 12.7. The lowest BCUT2D eigenvalue weighted by Gasteiger charge is -2.28. The van der Waals surface area contributed by atoms with Crippen LogP contribution in [0.4, 0.5) is 10.1 Å². The average Bonchev–Trinajstić information content (AvgIpc) is 2.87. The van der Waals surface area contributed by atoms with Gasteiger partial charge in [0.1, 0.15) is 5.02 Å². The normalized spacial score (nSPS) is 23.7. The Morgan fingerprint density at radius 1 is 1.62 bits per heavy atom. The second-order valence-electron chi connectivity index (χ2n) is 5.48. The van der Waals surface area contributed by atoms with E-state index in [4.69, 9.17) is 21.1 Å². The first kappa shape index (κ1) is 15.0. The number of halogens is 2. The molecule has 1 aromatic heterocycles. The first-order valence-electron chi connectivity index (χ1n) is 7.25. The predicted molar refractivity (Wildman–Crippen MR) is 77.4 cm³/mol. The van der Waals surface area contributed by atoms with Crippen molar-refractivity contribution >= 4 is 17.3 Å². The molecule has 1 saturated heterocycles. The van der Waals surface area contributed by atoms with Crippen molar-refractivity contribution in [2.75, 3.05) is 18.6 Å². The van der Waals surface area contributed by atoms with Crippen molar-refractivity contribution in [3.63, 3.8) is 0 Å². The standard InChI is InChI=1S/C14H19ClFN3O2/c1-9(21-12-4-2-3-5-20-12)7-19-8-11-14(18-19)13(15)10(16)6-17-11/h6,9,12,18H,2-5,7-8H2,1H3/t9-,12?/m0/s1. The highest BCUT2D eigenvalue weighted by atomic mass is 35.5. The van der Waals surface area contributed by atoms with E-state index in [9.17, 15) is 4.39 Å². The van der Waals surface area contributed by atoms with Crippen LogP contribution in [0.25, 0.3) is 0 Å². The topological polar surface area (TPSA) is 46.6 Å². The lowest BCUT2D eigenvalue weighted by Crippen LogP contribution is -2.36. The summed E-state index contributed by atoms with van der Waals surface area (Å²) < 4.78 is 24.8. The molecule has 5 nitrogen and oxygen atoms in total. The second-order valence-corrected chi connectivity index (χ2v) is 5.85. The Bertz CT molecular complexity index is 511. The number of hydrogen-bond donors (Lipinski definition) is 1. The van der Waals surface area contributed by atoms with Crippen molar-refractivity contribution in [1.82, 2.24) is 9.99 Å². The number of aromatic nitrogens is 1. The van der Waals surface area contributed by atoms with Crippen LogP contribution in [0.1, 0.15) is 31.9 Å². The summed E-state index contributed by atoms with van der Waals surface area (Å²) in [5, 5.41) is 2.02. The molecule has 0 spiro atoms. The van der Waals surface area contributed by atoms with Crippen molar-refractivity contribution in [3.05, 3.63) is 22.7 Å². The molecule has 7 heteroatoms. The van der Waals surface area contributed by atoms with Crippen LogP contribution in [0.5, 0.6) is 0 Å². The van der Waals surface area contributed by atoms with Gasteiger partial charge in [-0.05, 0) is 26.2 Å². The third-order valence-corrected chi connectivity index (χ3v) is 4.03. The molecule has 1 N–H and O–H groups in total. The highest BCUT2D eigenvalue weighted by molar-refractivity contribution is 6.33. The molecular weight excluding hydrogens is 297 g/mol. The molecule has 1 aromatic rings. The van der Waals surface area contributed by atoms with Crippen LogP contribution in [0.15, 0.2) is 6.20 Å². The molecule has 0 aliphatic carbocycles. The molecule has 0 radical (unpaired) electrons. The first-order chi connectivity index (χ1) is 10.1. The van der Waals surface area contributed by atoms with Crippen LogP contribution in [0, 0.1) is 5.82 Å². The van der Waals surface area contributed by atoms with Crippen molar-refractivity contribution in [1.29, 1.82) is 0 Å². The maximum absolute atomic E-state index is 13.4. The summed E-state index contributed by atoms with van der Waals surface area (Å²) in [7, 11) is 0. The van der Waals surface area contributed by atoms with Gasteiger partial charge in [0.05, 0.1) is 30.2 Å². The minimum atomic E-state index is -0.510. The summed E-state index contributed by atoms with van der Waals surface area (Å²) in [5.74, 6) is -0.510. The third-order valence-electron chi connectivity index (χ3n) is 3.66. The SMILES string of the molecule is C[C@@H](CN1Cc2ncc(F)c(Cl)c2N1)OC1CCCCO1.